The van der Waals surface area contributed by atoms with Crippen molar-refractivity contribution in [1.82, 2.24) is 10.2 Å². The Balaban J connectivity index is 1.99. The molecule has 18 heavy (non-hydrogen) atoms. The zero-order valence-electron chi connectivity index (χ0n) is 11.7. The van der Waals surface area contributed by atoms with Crippen LogP contribution in [-0.2, 0) is 4.74 Å². The van der Waals surface area contributed by atoms with E-state index in [9.17, 15) is 4.79 Å². The third kappa shape index (κ3) is 3.12. The summed E-state index contributed by atoms with van der Waals surface area (Å²) in [6.07, 6.45) is -0.154. The van der Waals surface area contributed by atoms with Gasteiger partial charge < -0.3 is 15.0 Å². The molecule has 2 aliphatic heterocycles. The normalized spacial score (nSPS) is 32.2. The summed E-state index contributed by atoms with van der Waals surface area (Å²) in [6.45, 7) is 7.40. The van der Waals surface area contributed by atoms with Gasteiger partial charge in [-0.2, -0.15) is 11.8 Å². The fourth-order valence-electron chi connectivity index (χ4n) is 2.88. The summed E-state index contributed by atoms with van der Waals surface area (Å²) in [5.74, 6) is 3.39. The monoisotopic (exact) mass is 272 g/mol. The topological polar surface area (TPSA) is 41.6 Å². The van der Waals surface area contributed by atoms with Crippen molar-refractivity contribution < 1.29 is 9.53 Å². The number of carbonyl (C=O) groups is 1. The van der Waals surface area contributed by atoms with Gasteiger partial charge in [0.15, 0.2) is 0 Å². The second-order valence-corrected chi connectivity index (χ2v) is 7.33. The fourth-order valence-corrected chi connectivity index (χ4v) is 4.25. The Morgan fingerprint density at radius 2 is 1.83 bits per heavy atom. The Labute approximate surface area is 114 Å². The van der Waals surface area contributed by atoms with Crippen molar-refractivity contribution in [2.45, 2.75) is 32.4 Å². The highest BCUT2D eigenvalue weighted by Crippen LogP contribution is 2.33. The van der Waals surface area contributed by atoms with Crippen LogP contribution in [0.3, 0.4) is 0 Å². The molecule has 5 heteroatoms. The van der Waals surface area contributed by atoms with Crippen molar-refractivity contribution >= 4 is 17.9 Å². The lowest BCUT2D eigenvalue weighted by Gasteiger charge is -2.46. The molecule has 0 saturated carbocycles. The van der Waals surface area contributed by atoms with Gasteiger partial charge in [-0.15, -0.1) is 0 Å². The Bertz CT molecular complexity index is 303. The molecule has 2 bridgehead atoms. The molecule has 2 aliphatic rings. The average molecular weight is 272 g/mol. The molecule has 0 aromatic heterocycles. The van der Waals surface area contributed by atoms with Gasteiger partial charge in [-0.05, 0) is 39.3 Å². The lowest BCUT2D eigenvalue weighted by atomic mass is 9.85. The summed E-state index contributed by atoms with van der Waals surface area (Å²) in [4.78, 5) is 14.0. The van der Waals surface area contributed by atoms with E-state index in [1.807, 2.05) is 44.5 Å². The van der Waals surface area contributed by atoms with Crippen molar-refractivity contribution in [3.8, 4) is 0 Å². The SMILES string of the molecule is CNC1C2CSCC1CN(C(=O)OC(C)(C)C)C2. The van der Waals surface area contributed by atoms with E-state index in [0.717, 1.165) is 24.6 Å². The van der Waals surface area contributed by atoms with E-state index in [4.69, 9.17) is 4.74 Å². The zero-order valence-corrected chi connectivity index (χ0v) is 12.5. The highest BCUT2D eigenvalue weighted by molar-refractivity contribution is 7.99. The molecule has 104 valence electrons. The van der Waals surface area contributed by atoms with Crippen LogP contribution in [0.1, 0.15) is 20.8 Å². The lowest BCUT2D eigenvalue weighted by molar-refractivity contribution is 0.00707. The Hall–Kier alpha value is -0.420. The van der Waals surface area contributed by atoms with Crippen LogP contribution in [0, 0.1) is 11.8 Å². The van der Waals surface area contributed by atoms with Gasteiger partial charge in [-0.25, -0.2) is 4.79 Å². The van der Waals surface area contributed by atoms with E-state index in [-0.39, 0.29) is 6.09 Å². The molecule has 2 unspecified atom stereocenters. The third-order valence-corrected chi connectivity index (χ3v) is 4.90. The number of nitrogens with one attached hydrogen (secondary N) is 1. The molecule has 2 saturated heterocycles. The van der Waals surface area contributed by atoms with Crippen molar-refractivity contribution in [1.29, 1.82) is 0 Å². The van der Waals surface area contributed by atoms with Crippen molar-refractivity contribution in [3.63, 3.8) is 0 Å². The summed E-state index contributed by atoms with van der Waals surface area (Å²) >= 11 is 2.01. The van der Waals surface area contributed by atoms with E-state index >= 15 is 0 Å². The summed E-state index contributed by atoms with van der Waals surface area (Å²) in [7, 11) is 2.03. The maximum Gasteiger partial charge on any atom is 0.410 e. The van der Waals surface area contributed by atoms with Crippen LogP contribution < -0.4 is 5.32 Å². The first kappa shape index (κ1) is 14.0. The van der Waals surface area contributed by atoms with Gasteiger partial charge in [0.1, 0.15) is 5.60 Å². The molecular weight excluding hydrogens is 248 g/mol. The number of carbonyl (C=O) groups excluding carboxylic acids is 1. The van der Waals surface area contributed by atoms with Crippen LogP contribution in [0.15, 0.2) is 0 Å². The number of hydrogen-bond donors (Lipinski definition) is 1. The van der Waals surface area contributed by atoms with Gasteiger partial charge in [-0.1, -0.05) is 0 Å². The van der Waals surface area contributed by atoms with Crippen LogP contribution in [0.4, 0.5) is 4.79 Å². The summed E-state index contributed by atoms with van der Waals surface area (Å²) < 4.78 is 5.47. The van der Waals surface area contributed by atoms with E-state index < -0.39 is 5.60 Å². The predicted octanol–water partition coefficient (Wildman–Crippen LogP) is 1.80. The number of nitrogens with zero attached hydrogens (tertiary/aromatic N) is 1. The first-order valence-electron chi connectivity index (χ1n) is 6.63. The van der Waals surface area contributed by atoms with Crippen LogP contribution in [0.2, 0.25) is 0 Å². The molecule has 0 aliphatic carbocycles. The minimum atomic E-state index is -0.402. The molecule has 1 amide bonds. The van der Waals surface area contributed by atoms with Crippen molar-refractivity contribution in [2.75, 3.05) is 31.6 Å². The van der Waals surface area contributed by atoms with Crippen molar-refractivity contribution in [3.05, 3.63) is 0 Å². The molecule has 0 spiro atoms. The summed E-state index contributed by atoms with van der Waals surface area (Å²) in [5, 5.41) is 3.42. The van der Waals surface area contributed by atoms with E-state index in [1.165, 1.54) is 0 Å². The number of piperidine rings is 1. The van der Waals surface area contributed by atoms with Crippen LogP contribution in [0.25, 0.3) is 0 Å². The number of amides is 1. The van der Waals surface area contributed by atoms with Crippen molar-refractivity contribution in [2.24, 2.45) is 11.8 Å². The van der Waals surface area contributed by atoms with Crippen LogP contribution >= 0.6 is 11.8 Å². The predicted molar refractivity (Wildman–Crippen MR) is 75.0 cm³/mol. The Morgan fingerprint density at radius 3 is 2.28 bits per heavy atom. The number of thioether (sulfide) groups is 1. The highest BCUT2D eigenvalue weighted by atomic mass is 32.2. The molecule has 4 nitrogen and oxygen atoms in total. The summed E-state index contributed by atoms with van der Waals surface area (Å²) in [6, 6.07) is 0.560. The van der Waals surface area contributed by atoms with Crippen LogP contribution in [0.5, 0.6) is 0 Å². The molecule has 0 aromatic rings. The number of hydrogen-bond acceptors (Lipinski definition) is 4. The number of ether oxygens (including phenoxy) is 1. The number of fused-ring (bicyclic) bond motifs is 2. The molecular formula is C13H24N2O2S. The molecule has 2 atom stereocenters. The quantitative estimate of drug-likeness (QED) is 0.790. The van der Waals surface area contributed by atoms with E-state index in [0.29, 0.717) is 17.9 Å². The van der Waals surface area contributed by atoms with Gasteiger partial charge in [0.25, 0.3) is 0 Å². The number of rotatable bonds is 1. The first-order valence-corrected chi connectivity index (χ1v) is 7.79. The number of likely N-dealkylation sites (tertiary alicyclic amines) is 1. The summed E-state index contributed by atoms with van der Waals surface area (Å²) in [5.41, 5.74) is -0.402. The lowest BCUT2D eigenvalue weighted by Crippen LogP contribution is -2.59. The van der Waals surface area contributed by atoms with E-state index in [2.05, 4.69) is 5.32 Å². The van der Waals surface area contributed by atoms with Crippen LogP contribution in [-0.4, -0.2) is 54.3 Å². The largest absolute Gasteiger partial charge is 0.444 e. The molecule has 0 radical (unpaired) electrons. The third-order valence-electron chi connectivity index (χ3n) is 3.57. The van der Waals surface area contributed by atoms with Gasteiger partial charge in [0, 0.05) is 31.0 Å². The van der Waals surface area contributed by atoms with Gasteiger partial charge in [0.2, 0.25) is 0 Å². The Morgan fingerprint density at radius 1 is 1.28 bits per heavy atom. The van der Waals surface area contributed by atoms with Gasteiger partial charge in [-0.3, -0.25) is 0 Å². The molecule has 1 N–H and O–H groups in total. The van der Waals surface area contributed by atoms with Gasteiger partial charge >= 0.3 is 6.09 Å². The van der Waals surface area contributed by atoms with E-state index in [1.54, 1.807) is 0 Å². The smallest absolute Gasteiger partial charge is 0.410 e. The first-order chi connectivity index (χ1) is 8.40. The van der Waals surface area contributed by atoms with Gasteiger partial charge in [0.05, 0.1) is 0 Å². The minimum Gasteiger partial charge on any atom is -0.444 e. The average Bonchev–Trinajstić information content (AvgIpc) is 2.24. The second kappa shape index (κ2) is 5.29. The fraction of sp³-hybridized carbons (Fsp3) is 0.923. The minimum absolute atomic E-state index is 0.154. The zero-order chi connectivity index (χ0) is 13.3. The highest BCUT2D eigenvalue weighted by Gasteiger charge is 2.41. The maximum atomic E-state index is 12.1. The second-order valence-electron chi connectivity index (χ2n) is 6.26. The maximum absolute atomic E-state index is 12.1. The molecule has 2 heterocycles. The Kier molecular flexibility index (Phi) is 4.11. The molecule has 2 rings (SSSR count). The molecule has 0 aromatic carbocycles. The molecule has 2 fully saturated rings. The standard InChI is InChI=1S/C13H24N2O2S/c1-13(2,3)17-12(16)15-5-9-7-18-8-10(6-15)11(9)14-4/h9-11,14H,5-8H2,1-4H3.